The number of hydrogen-bond donors (Lipinski definition) is 3. The van der Waals surface area contributed by atoms with Crippen molar-refractivity contribution in [2.24, 2.45) is 0 Å². The fourth-order valence-electron chi connectivity index (χ4n) is 1.53. The van der Waals surface area contributed by atoms with Gasteiger partial charge in [-0.25, -0.2) is 9.78 Å². The molecule has 1 unspecified atom stereocenters. The van der Waals surface area contributed by atoms with Gasteiger partial charge < -0.3 is 15.7 Å². The van der Waals surface area contributed by atoms with Crippen molar-refractivity contribution in [2.45, 2.75) is 45.6 Å². The zero-order chi connectivity index (χ0) is 15.8. The summed E-state index contributed by atoms with van der Waals surface area (Å²) in [5.41, 5.74) is 0.102. The fraction of sp³-hybridized carbons (Fsp3) is 0.538. The number of hydrogen-bond acceptors (Lipinski definition) is 5. The largest absolute Gasteiger partial charge is 0.480 e. The van der Waals surface area contributed by atoms with Crippen LogP contribution in [0.1, 0.15) is 50.0 Å². The predicted molar refractivity (Wildman–Crippen MR) is 79.4 cm³/mol. The lowest BCUT2D eigenvalue weighted by atomic mass is 10.2. The Bertz CT molecular complexity index is 515. The quantitative estimate of drug-likeness (QED) is 0.679. The molecule has 0 saturated heterocycles. The molecule has 21 heavy (non-hydrogen) atoms. The minimum Gasteiger partial charge on any atom is -0.480 e. The van der Waals surface area contributed by atoms with Crippen LogP contribution in [0, 0.1) is 0 Å². The van der Waals surface area contributed by atoms with Gasteiger partial charge in [-0.2, -0.15) is 0 Å². The zero-order valence-corrected chi connectivity index (χ0v) is 12.8. The van der Waals surface area contributed by atoms with E-state index in [4.69, 9.17) is 5.11 Å². The summed E-state index contributed by atoms with van der Waals surface area (Å²) in [4.78, 5) is 38.2. The molecule has 3 N–H and O–H groups in total. The van der Waals surface area contributed by atoms with E-state index in [9.17, 15) is 14.4 Å². The first-order chi connectivity index (χ1) is 9.97. The Morgan fingerprint density at radius 2 is 2.10 bits per heavy atom. The lowest BCUT2D eigenvalue weighted by molar-refractivity contribution is -0.139. The van der Waals surface area contributed by atoms with Gasteiger partial charge in [-0.1, -0.05) is 20.3 Å². The van der Waals surface area contributed by atoms with Crippen LogP contribution in [-0.4, -0.2) is 33.9 Å². The second-order valence-electron chi connectivity index (χ2n) is 4.46. The number of rotatable bonds is 8. The zero-order valence-electron chi connectivity index (χ0n) is 12.0. The van der Waals surface area contributed by atoms with Gasteiger partial charge in [-0.3, -0.25) is 9.59 Å². The highest BCUT2D eigenvalue weighted by atomic mass is 32.1. The van der Waals surface area contributed by atoms with Gasteiger partial charge in [-0.05, 0) is 12.8 Å². The Hall–Kier alpha value is -1.96. The lowest BCUT2D eigenvalue weighted by Gasteiger charge is -2.10. The van der Waals surface area contributed by atoms with E-state index in [1.165, 1.54) is 5.38 Å². The Labute approximate surface area is 126 Å². The number of anilines is 1. The first kappa shape index (κ1) is 17.1. The average Bonchev–Trinajstić information content (AvgIpc) is 2.90. The predicted octanol–water partition coefficient (Wildman–Crippen LogP) is 1.86. The van der Waals surface area contributed by atoms with Crippen LogP contribution >= 0.6 is 11.3 Å². The van der Waals surface area contributed by atoms with Crippen molar-refractivity contribution in [3.8, 4) is 0 Å². The lowest BCUT2D eigenvalue weighted by Crippen LogP contribution is -2.40. The van der Waals surface area contributed by atoms with Crippen LogP contribution in [0.25, 0.3) is 0 Å². The van der Waals surface area contributed by atoms with Crippen molar-refractivity contribution in [1.82, 2.24) is 10.3 Å². The summed E-state index contributed by atoms with van der Waals surface area (Å²) in [6.45, 7) is 3.66. The van der Waals surface area contributed by atoms with E-state index in [-0.39, 0.29) is 18.0 Å². The number of aromatic nitrogens is 1. The van der Waals surface area contributed by atoms with Gasteiger partial charge in [0.15, 0.2) is 5.13 Å². The highest BCUT2D eigenvalue weighted by Crippen LogP contribution is 2.16. The molecule has 0 aromatic carbocycles. The van der Waals surface area contributed by atoms with Crippen LogP contribution in [0.15, 0.2) is 5.38 Å². The summed E-state index contributed by atoms with van der Waals surface area (Å²) in [6, 6.07) is -0.943. The van der Waals surface area contributed by atoms with Crippen molar-refractivity contribution >= 4 is 34.3 Å². The molecule has 0 radical (unpaired) electrons. The van der Waals surface area contributed by atoms with Crippen LogP contribution < -0.4 is 10.6 Å². The van der Waals surface area contributed by atoms with Crippen molar-refractivity contribution in [2.75, 3.05) is 5.32 Å². The number of nitrogens with zero attached hydrogens (tertiary/aromatic N) is 1. The van der Waals surface area contributed by atoms with E-state index >= 15 is 0 Å². The third-order valence-corrected chi connectivity index (χ3v) is 3.51. The van der Waals surface area contributed by atoms with Gasteiger partial charge in [-0.15, -0.1) is 11.3 Å². The summed E-state index contributed by atoms with van der Waals surface area (Å²) in [6.07, 6.45) is 2.41. The minimum absolute atomic E-state index is 0.102. The smallest absolute Gasteiger partial charge is 0.326 e. The third kappa shape index (κ3) is 5.50. The monoisotopic (exact) mass is 313 g/mol. The summed E-state index contributed by atoms with van der Waals surface area (Å²) in [7, 11) is 0. The van der Waals surface area contributed by atoms with Crippen molar-refractivity contribution < 1.29 is 19.5 Å². The third-order valence-electron chi connectivity index (χ3n) is 2.75. The maximum atomic E-state index is 11.8. The molecule has 0 spiro atoms. The second-order valence-corrected chi connectivity index (χ2v) is 5.32. The van der Waals surface area contributed by atoms with Gasteiger partial charge in [0.05, 0.1) is 0 Å². The highest BCUT2D eigenvalue weighted by molar-refractivity contribution is 7.14. The van der Waals surface area contributed by atoms with Gasteiger partial charge in [0.2, 0.25) is 5.91 Å². The summed E-state index contributed by atoms with van der Waals surface area (Å²) >= 11 is 1.13. The molecule has 1 rings (SSSR count). The molecule has 1 heterocycles. The van der Waals surface area contributed by atoms with E-state index in [0.29, 0.717) is 11.6 Å². The molecule has 7 nitrogen and oxygen atoms in total. The molecule has 0 fully saturated rings. The van der Waals surface area contributed by atoms with Crippen molar-refractivity contribution in [3.05, 3.63) is 11.1 Å². The molecule has 0 aliphatic rings. The van der Waals surface area contributed by atoms with E-state index in [0.717, 1.165) is 24.2 Å². The molecular formula is C13H19N3O4S. The number of carboxylic acids is 1. The van der Waals surface area contributed by atoms with Crippen LogP contribution in [0.2, 0.25) is 0 Å². The SMILES string of the molecule is CCCCC(=O)Nc1nc(C(=O)NC(CC)C(=O)O)cs1. The minimum atomic E-state index is -1.09. The average molecular weight is 313 g/mol. The molecule has 116 valence electrons. The first-order valence-electron chi connectivity index (χ1n) is 6.77. The van der Waals surface area contributed by atoms with Crippen molar-refractivity contribution in [3.63, 3.8) is 0 Å². The molecule has 2 amide bonds. The van der Waals surface area contributed by atoms with Crippen molar-refractivity contribution in [1.29, 1.82) is 0 Å². The van der Waals surface area contributed by atoms with Crippen LogP contribution in [-0.2, 0) is 9.59 Å². The van der Waals surface area contributed by atoms with E-state index in [1.807, 2.05) is 6.92 Å². The number of aliphatic carboxylic acids is 1. The van der Waals surface area contributed by atoms with Gasteiger partial charge in [0.25, 0.3) is 5.91 Å². The molecule has 0 saturated carbocycles. The maximum Gasteiger partial charge on any atom is 0.326 e. The molecule has 1 aromatic heterocycles. The van der Waals surface area contributed by atoms with E-state index < -0.39 is 17.9 Å². The number of carbonyl (C=O) groups is 3. The molecule has 1 atom stereocenters. The second kappa shape index (κ2) is 8.35. The number of thiazole rings is 1. The molecule has 0 bridgehead atoms. The Morgan fingerprint density at radius 1 is 1.38 bits per heavy atom. The summed E-state index contributed by atoms with van der Waals surface area (Å²) in [5, 5.41) is 15.7. The number of carbonyl (C=O) groups excluding carboxylic acids is 2. The molecule has 0 aliphatic carbocycles. The maximum absolute atomic E-state index is 11.8. The number of carboxylic acid groups (broad SMARTS) is 1. The Balaban J connectivity index is 2.59. The van der Waals surface area contributed by atoms with Crippen LogP contribution in [0.3, 0.4) is 0 Å². The summed E-state index contributed by atoms with van der Waals surface area (Å²) < 4.78 is 0. The number of nitrogens with one attached hydrogen (secondary N) is 2. The number of amides is 2. The Kier molecular flexibility index (Phi) is 6.80. The Morgan fingerprint density at radius 3 is 2.67 bits per heavy atom. The van der Waals surface area contributed by atoms with Crippen LogP contribution in [0.4, 0.5) is 5.13 Å². The fourth-order valence-corrected chi connectivity index (χ4v) is 2.23. The topological polar surface area (TPSA) is 108 Å². The van der Waals surface area contributed by atoms with E-state index in [1.54, 1.807) is 6.92 Å². The van der Waals surface area contributed by atoms with Crippen LogP contribution in [0.5, 0.6) is 0 Å². The standard InChI is InChI=1S/C13H19N3O4S/c1-3-5-6-10(17)16-13-15-9(7-21-13)11(18)14-8(4-2)12(19)20/h7-8H,3-6H2,1-2H3,(H,14,18)(H,19,20)(H,15,16,17). The normalized spacial score (nSPS) is 11.7. The molecule has 0 aliphatic heterocycles. The molecular weight excluding hydrogens is 294 g/mol. The van der Waals surface area contributed by atoms with E-state index in [2.05, 4.69) is 15.6 Å². The first-order valence-corrected chi connectivity index (χ1v) is 7.64. The highest BCUT2D eigenvalue weighted by Gasteiger charge is 2.20. The number of unbranched alkanes of at least 4 members (excludes halogenated alkanes) is 1. The molecule has 1 aromatic rings. The summed E-state index contributed by atoms with van der Waals surface area (Å²) in [5.74, 6) is -1.79. The van der Waals surface area contributed by atoms with Gasteiger partial charge in [0.1, 0.15) is 11.7 Å². The van der Waals surface area contributed by atoms with Gasteiger partial charge >= 0.3 is 5.97 Å². The van der Waals surface area contributed by atoms with Gasteiger partial charge in [0, 0.05) is 11.8 Å². The molecule has 8 heteroatoms.